The average molecular weight is 380 g/mol. The molecule has 0 bridgehead atoms. The first-order valence-corrected chi connectivity index (χ1v) is 11.3. The number of hydrogen-bond acceptors (Lipinski definition) is 4. The highest BCUT2D eigenvalue weighted by Crippen LogP contribution is 2.38. The Kier molecular flexibility index (Phi) is 6.19. The summed E-state index contributed by atoms with van der Waals surface area (Å²) in [6.07, 6.45) is 7.50. The van der Waals surface area contributed by atoms with Gasteiger partial charge in [0.25, 0.3) is 0 Å². The molecule has 144 valence electrons. The highest BCUT2D eigenvalue weighted by atomic mass is 32.2. The number of sulfonamides is 1. The first kappa shape index (κ1) is 19.2. The largest absolute Gasteiger partial charge is 0.332 e. The van der Waals surface area contributed by atoms with Gasteiger partial charge in [0.05, 0.1) is 5.75 Å². The predicted octanol–water partition coefficient (Wildman–Crippen LogP) is 2.50. The molecule has 0 heterocycles. The third-order valence-corrected chi connectivity index (χ3v) is 6.55. The van der Waals surface area contributed by atoms with E-state index in [4.69, 9.17) is 0 Å². The Balaban J connectivity index is 1.62. The Morgan fingerprint density at radius 1 is 1.04 bits per heavy atom. The highest BCUT2D eigenvalue weighted by molar-refractivity contribution is 7.90. The molecular formula is C19H29N3O3S. The van der Waals surface area contributed by atoms with Gasteiger partial charge < -0.3 is 10.6 Å². The van der Waals surface area contributed by atoms with Crippen molar-refractivity contribution < 1.29 is 13.2 Å². The molecule has 26 heavy (non-hydrogen) atoms. The molecule has 2 amide bonds. The Morgan fingerprint density at radius 3 is 2.31 bits per heavy atom. The van der Waals surface area contributed by atoms with Crippen molar-refractivity contribution in [2.75, 3.05) is 24.2 Å². The summed E-state index contributed by atoms with van der Waals surface area (Å²) in [7, 11) is -3.61. The first-order chi connectivity index (χ1) is 12.5. The van der Waals surface area contributed by atoms with Crippen LogP contribution in [0.4, 0.5) is 10.5 Å². The SMILES string of the molecule is CCNCCCCS(=O)(=O)NC(=O)Nc1c2c(cc3c1CCC3)CCC2. The van der Waals surface area contributed by atoms with Crippen LogP contribution >= 0.6 is 0 Å². The van der Waals surface area contributed by atoms with E-state index in [1.54, 1.807) is 0 Å². The van der Waals surface area contributed by atoms with Gasteiger partial charge in [0, 0.05) is 5.69 Å². The van der Waals surface area contributed by atoms with E-state index in [0.29, 0.717) is 6.42 Å². The zero-order valence-electron chi connectivity index (χ0n) is 15.5. The number of hydrogen-bond donors (Lipinski definition) is 3. The van der Waals surface area contributed by atoms with Gasteiger partial charge in [0.15, 0.2) is 0 Å². The molecule has 2 aliphatic carbocycles. The van der Waals surface area contributed by atoms with E-state index in [0.717, 1.165) is 63.7 Å². The van der Waals surface area contributed by atoms with Gasteiger partial charge in [-0.15, -0.1) is 0 Å². The summed E-state index contributed by atoms with van der Waals surface area (Å²) in [6.45, 7) is 3.68. The number of fused-ring (bicyclic) bond motifs is 2. The summed E-state index contributed by atoms with van der Waals surface area (Å²) in [5.41, 5.74) is 5.89. The summed E-state index contributed by atoms with van der Waals surface area (Å²) in [5.74, 6) is -0.0309. The van der Waals surface area contributed by atoms with Crippen LogP contribution in [-0.2, 0) is 35.7 Å². The van der Waals surface area contributed by atoms with Gasteiger partial charge in [-0.3, -0.25) is 0 Å². The number of unbranched alkanes of at least 4 members (excludes halogenated alkanes) is 1. The van der Waals surface area contributed by atoms with Gasteiger partial charge in [0.2, 0.25) is 10.0 Å². The quantitative estimate of drug-likeness (QED) is 0.606. The van der Waals surface area contributed by atoms with Gasteiger partial charge in [-0.25, -0.2) is 17.9 Å². The number of nitrogens with one attached hydrogen (secondary N) is 3. The third-order valence-electron chi connectivity index (χ3n) is 5.23. The number of anilines is 1. The van der Waals surface area contributed by atoms with E-state index in [9.17, 15) is 13.2 Å². The van der Waals surface area contributed by atoms with Crippen LogP contribution in [0.15, 0.2) is 6.07 Å². The van der Waals surface area contributed by atoms with Crippen LogP contribution in [0.25, 0.3) is 0 Å². The van der Waals surface area contributed by atoms with Crippen molar-refractivity contribution in [2.45, 2.75) is 58.3 Å². The maximum absolute atomic E-state index is 12.3. The molecule has 6 nitrogen and oxygen atoms in total. The number of carbonyl (C=O) groups excluding carboxylic acids is 1. The predicted molar refractivity (Wildman–Crippen MR) is 104 cm³/mol. The number of rotatable bonds is 8. The molecule has 0 aliphatic heterocycles. The molecule has 1 aromatic rings. The van der Waals surface area contributed by atoms with Crippen LogP contribution in [0.5, 0.6) is 0 Å². The fourth-order valence-corrected chi connectivity index (χ4v) is 5.04. The molecule has 0 fully saturated rings. The van der Waals surface area contributed by atoms with Crippen molar-refractivity contribution >= 4 is 21.7 Å². The molecule has 0 aromatic heterocycles. The third kappa shape index (κ3) is 4.57. The van der Waals surface area contributed by atoms with E-state index in [1.807, 2.05) is 6.92 Å². The van der Waals surface area contributed by atoms with E-state index in [1.165, 1.54) is 22.3 Å². The molecule has 3 rings (SSSR count). The summed E-state index contributed by atoms with van der Waals surface area (Å²) in [5, 5.41) is 6.03. The van der Waals surface area contributed by atoms with Crippen LogP contribution in [0.1, 0.15) is 54.9 Å². The number of urea groups is 1. The van der Waals surface area contributed by atoms with Crippen LogP contribution < -0.4 is 15.4 Å². The standard InChI is InChI=1S/C19H29N3O3S/c1-2-20-11-3-4-12-26(24,25)22-19(23)21-18-16-9-5-7-14(16)13-15-8-6-10-17(15)18/h13,20H,2-12H2,1H3,(H2,21,22,23). The van der Waals surface area contributed by atoms with Crippen molar-refractivity contribution in [1.29, 1.82) is 0 Å². The molecular weight excluding hydrogens is 350 g/mol. The summed E-state index contributed by atoms with van der Waals surface area (Å²) >= 11 is 0. The van der Waals surface area contributed by atoms with Gasteiger partial charge in [-0.05, 0) is 86.7 Å². The van der Waals surface area contributed by atoms with Crippen molar-refractivity contribution in [3.63, 3.8) is 0 Å². The smallest absolute Gasteiger partial charge is 0.317 e. The second kappa shape index (κ2) is 8.39. The zero-order valence-corrected chi connectivity index (χ0v) is 16.3. The monoisotopic (exact) mass is 379 g/mol. The Hall–Kier alpha value is -1.60. The lowest BCUT2D eigenvalue weighted by molar-refractivity contribution is 0.256. The van der Waals surface area contributed by atoms with Crippen molar-refractivity contribution in [3.05, 3.63) is 28.3 Å². The van der Waals surface area contributed by atoms with Crippen LogP contribution in [0.3, 0.4) is 0 Å². The van der Waals surface area contributed by atoms with E-state index in [-0.39, 0.29) is 5.75 Å². The van der Waals surface area contributed by atoms with E-state index in [2.05, 4.69) is 21.4 Å². The van der Waals surface area contributed by atoms with E-state index < -0.39 is 16.1 Å². The van der Waals surface area contributed by atoms with Gasteiger partial charge in [0.1, 0.15) is 0 Å². The Morgan fingerprint density at radius 2 is 1.69 bits per heavy atom. The highest BCUT2D eigenvalue weighted by Gasteiger charge is 2.25. The number of aryl methyl sites for hydroxylation is 2. The van der Waals surface area contributed by atoms with Crippen molar-refractivity contribution in [1.82, 2.24) is 10.0 Å². The molecule has 3 N–H and O–H groups in total. The first-order valence-electron chi connectivity index (χ1n) is 9.69. The van der Waals surface area contributed by atoms with Crippen LogP contribution in [-0.4, -0.2) is 33.3 Å². The Labute approximate surface area is 156 Å². The van der Waals surface area contributed by atoms with Crippen molar-refractivity contribution in [3.8, 4) is 0 Å². The normalized spacial score (nSPS) is 15.6. The fraction of sp³-hybridized carbons (Fsp3) is 0.632. The van der Waals surface area contributed by atoms with Crippen LogP contribution in [0, 0.1) is 0 Å². The second-order valence-corrected chi connectivity index (χ2v) is 9.01. The topological polar surface area (TPSA) is 87.3 Å². The van der Waals surface area contributed by atoms with Crippen LogP contribution in [0.2, 0.25) is 0 Å². The minimum absolute atomic E-state index is 0.0309. The second-order valence-electron chi connectivity index (χ2n) is 7.17. The molecule has 0 spiro atoms. The lowest BCUT2D eigenvalue weighted by atomic mass is 9.99. The maximum Gasteiger partial charge on any atom is 0.332 e. The maximum atomic E-state index is 12.3. The lowest BCUT2D eigenvalue weighted by Crippen LogP contribution is -2.36. The minimum Gasteiger partial charge on any atom is -0.317 e. The molecule has 2 aliphatic rings. The minimum atomic E-state index is -3.61. The number of benzene rings is 1. The molecule has 0 unspecified atom stereocenters. The van der Waals surface area contributed by atoms with Gasteiger partial charge in [-0.1, -0.05) is 13.0 Å². The summed E-state index contributed by atoms with van der Waals surface area (Å²) in [6, 6.07) is 1.65. The van der Waals surface area contributed by atoms with E-state index >= 15 is 0 Å². The van der Waals surface area contributed by atoms with Crippen molar-refractivity contribution in [2.24, 2.45) is 0 Å². The van der Waals surface area contributed by atoms with Gasteiger partial charge in [-0.2, -0.15) is 0 Å². The molecule has 0 radical (unpaired) electrons. The molecule has 0 saturated carbocycles. The number of amides is 2. The van der Waals surface area contributed by atoms with Gasteiger partial charge >= 0.3 is 6.03 Å². The Bertz CT molecular complexity index is 742. The lowest BCUT2D eigenvalue weighted by Gasteiger charge is -2.16. The zero-order chi connectivity index (χ0) is 18.6. The average Bonchev–Trinajstić information content (AvgIpc) is 3.22. The molecule has 0 saturated heterocycles. The fourth-order valence-electron chi connectivity index (χ4n) is 4.02. The number of carbonyl (C=O) groups is 1. The molecule has 0 atom stereocenters. The summed E-state index contributed by atoms with van der Waals surface area (Å²) < 4.78 is 26.5. The molecule has 1 aromatic carbocycles. The molecule has 7 heteroatoms. The summed E-state index contributed by atoms with van der Waals surface area (Å²) in [4.78, 5) is 12.3.